The van der Waals surface area contributed by atoms with Crippen LogP contribution in [-0.4, -0.2) is 71.7 Å². The standard InChI is InChI=1S/C14H26N2O4/c1-9(2)16(10(3)4)13(17)6-15(5)12-8-20-7-11(12)14(18)19/h9-12H,6-8H2,1-5H3,(H,18,19). The van der Waals surface area contributed by atoms with Gasteiger partial charge < -0.3 is 14.7 Å². The molecule has 1 heterocycles. The summed E-state index contributed by atoms with van der Waals surface area (Å²) in [5, 5.41) is 9.15. The SMILES string of the molecule is CC(C)N(C(=O)CN(C)C1COCC1C(=O)O)C(C)C. The molecule has 0 radical (unpaired) electrons. The van der Waals surface area contributed by atoms with E-state index >= 15 is 0 Å². The number of ether oxygens (including phenoxy) is 1. The van der Waals surface area contributed by atoms with Gasteiger partial charge in [0.25, 0.3) is 0 Å². The Kier molecular flexibility index (Phi) is 5.95. The molecule has 20 heavy (non-hydrogen) atoms. The van der Waals surface area contributed by atoms with Crippen LogP contribution in [0.25, 0.3) is 0 Å². The smallest absolute Gasteiger partial charge is 0.310 e. The number of carbonyl (C=O) groups is 2. The molecule has 0 aliphatic carbocycles. The number of likely N-dealkylation sites (N-methyl/N-ethyl adjacent to an activating group) is 1. The van der Waals surface area contributed by atoms with Crippen molar-refractivity contribution in [3.05, 3.63) is 0 Å². The highest BCUT2D eigenvalue weighted by Crippen LogP contribution is 2.19. The van der Waals surface area contributed by atoms with Gasteiger partial charge in [0.05, 0.1) is 25.7 Å². The van der Waals surface area contributed by atoms with Crippen molar-refractivity contribution in [3.8, 4) is 0 Å². The Morgan fingerprint density at radius 2 is 1.75 bits per heavy atom. The van der Waals surface area contributed by atoms with E-state index in [2.05, 4.69) is 0 Å². The van der Waals surface area contributed by atoms with Gasteiger partial charge in [-0.15, -0.1) is 0 Å². The molecule has 2 atom stereocenters. The monoisotopic (exact) mass is 286 g/mol. The van der Waals surface area contributed by atoms with Gasteiger partial charge in [-0.3, -0.25) is 14.5 Å². The Balaban J connectivity index is 2.67. The topological polar surface area (TPSA) is 70.1 Å². The summed E-state index contributed by atoms with van der Waals surface area (Å²) in [4.78, 5) is 27.1. The van der Waals surface area contributed by atoms with E-state index < -0.39 is 11.9 Å². The highest BCUT2D eigenvalue weighted by Gasteiger charge is 2.37. The van der Waals surface area contributed by atoms with Gasteiger partial charge in [0, 0.05) is 18.1 Å². The highest BCUT2D eigenvalue weighted by atomic mass is 16.5. The predicted octanol–water partition coefficient (Wildman–Crippen LogP) is 0.663. The van der Waals surface area contributed by atoms with Gasteiger partial charge >= 0.3 is 5.97 Å². The van der Waals surface area contributed by atoms with Crippen molar-refractivity contribution in [1.29, 1.82) is 0 Å². The van der Waals surface area contributed by atoms with Crippen LogP contribution in [0.3, 0.4) is 0 Å². The lowest BCUT2D eigenvalue weighted by Crippen LogP contribution is -2.50. The molecule has 6 heteroatoms. The van der Waals surface area contributed by atoms with E-state index in [0.29, 0.717) is 6.61 Å². The number of amides is 1. The molecule has 0 aromatic heterocycles. The van der Waals surface area contributed by atoms with Crippen LogP contribution < -0.4 is 0 Å². The van der Waals surface area contributed by atoms with Crippen LogP contribution in [0.15, 0.2) is 0 Å². The number of carboxylic acids is 1. The van der Waals surface area contributed by atoms with Gasteiger partial charge in [-0.1, -0.05) is 0 Å². The summed E-state index contributed by atoms with van der Waals surface area (Å²) in [6, 6.07) is 0.0228. The summed E-state index contributed by atoms with van der Waals surface area (Å²) >= 11 is 0. The number of carboxylic acid groups (broad SMARTS) is 1. The Hall–Kier alpha value is -1.14. The second-order valence-corrected chi connectivity index (χ2v) is 5.95. The first kappa shape index (κ1) is 16.9. The normalized spacial score (nSPS) is 22.8. The molecule has 0 bridgehead atoms. The lowest BCUT2D eigenvalue weighted by Gasteiger charge is -2.34. The number of hydrogen-bond donors (Lipinski definition) is 1. The molecule has 0 spiro atoms. The van der Waals surface area contributed by atoms with Crippen LogP contribution in [0.4, 0.5) is 0 Å². The molecule has 0 aromatic rings. The predicted molar refractivity (Wildman–Crippen MR) is 75.5 cm³/mol. The minimum Gasteiger partial charge on any atom is -0.481 e. The maximum absolute atomic E-state index is 12.4. The van der Waals surface area contributed by atoms with Gasteiger partial charge in [-0.2, -0.15) is 0 Å². The molecule has 1 fully saturated rings. The second kappa shape index (κ2) is 7.04. The van der Waals surface area contributed by atoms with E-state index in [1.54, 1.807) is 11.9 Å². The summed E-state index contributed by atoms with van der Waals surface area (Å²) in [5.41, 5.74) is 0. The van der Waals surface area contributed by atoms with Crippen LogP contribution >= 0.6 is 0 Å². The Bertz CT molecular complexity index is 349. The largest absolute Gasteiger partial charge is 0.481 e. The molecule has 2 unspecified atom stereocenters. The third-order valence-corrected chi connectivity index (χ3v) is 3.72. The van der Waals surface area contributed by atoms with Crippen molar-refractivity contribution in [3.63, 3.8) is 0 Å². The van der Waals surface area contributed by atoms with Crippen molar-refractivity contribution >= 4 is 11.9 Å². The Labute approximate surface area is 120 Å². The second-order valence-electron chi connectivity index (χ2n) is 5.95. The lowest BCUT2D eigenvalue weighted by atomic mass is 10.0. The van der Waals surface area contributed by atoms with Gasteiger partial charge in [-0.25, -0.2) is 0 Å². The van der Waals surface area contributed by atoms with Crippen molar-refractivity contribution in [2.24, 2.45) is 5.92 Å². The minimum absolute atomic E-state index is 0.0218. The van der Waals surface area contributed by atoms with Crippen LogP contribution in [0.2, 0.25) is 0 Å². The van der Waals surface area contributed by atoms with Gasteiger partial charge in [0.1, 0.15) is 0 Å². The molecule has 0 aromatic carbocycles. The quantitative estimate of drug-likeness (QED) is 0.777. The number of rotatable bonds is 6. The molecule has 1 amide bonds. The molecule has 1 N–H and O–H groups in total. The van der Waals surface area contributed by atoms with Crippen molar-refractivity contribution < 1.29 is 19.4 Å². The summed E-state index contributed by atoms with van der Waals surface area (Å²) in [6.07, 6.45) is 0. The summed E-state index contributed by atoms with van der Waals surface area (Å²) in [6.45, 7) is 8.73. The zero-order valence-electron chi connectivity index (χ0n) is 13.0. The van der Waals surface area contributed by atoms with Crippen molar-refractivity contribution in [2.45, 2.75) is 45.8 Å². The summed E-state index contributed by atoms with van der Waals surface area (Å²) < 4.78 is 5.24. The molecule has 116 valence electrons. The van der Waals surface area contributed by atoms with Gasteiger partial charge in [0.2, 0.25) is 5.91 Å². The maximum atomic E-state index is 12.4. The fourth-order valence-corrected chi connectivity index (χ4v) is 2.80. The number of aliphatic carboxylic acids is 1. The van der Waals surface area contributed by atoms with Crippen LogP contribution in [0.1, 0.15) is 27.7 Å². The van der Waals surface area contributed by atoms with Crippen LogP contribution in [0.5, 0.6) is 0 Å². The molecule has 1 aliphatic heterocycles. The first-order chi connectivity index (χ1) is 9.25. The first-order valence-electron chi connectivity index (χ1n) is 7.07. The third-order valence-electron chi connectivity index (χ3n) is 3.72. The molecular weight excluding hydrogens is 260 g/mol. The van der Waals surface area contributed by atoms with E-state index in [1.807, 2.05) is 32.6 Å². The zero-order chi connectivity index (χ0) is 15.4. The average Bonchev–Trinajstić information content (AvgIpc) is 2.75. The van der Waals surface area contributed by atoms with E-state index in [9.17, 15) is 9.59 Å². The van der Waals surface area contributed by atoms with E-state index in [-0.39, 0.29) is 37.2 Å². The van der Waals surface area contributed by atoms with Crippen LogP contribution in [-0.2, 0) is 14.3 Å². The lowest BCUT2D eigenvalue weighted by molar-refractivity contribution is -0.144. The van der Waals surface area contributed by atoms with Gasteiger partial charge in [-0.05, 0) is 34.7 Å². The third kappa shape index (κ3) is 3.93. The summed E-state index contributed by atoms with van der Waals surface area (Å²) in [7, 11) is 1.78. The average molecular weight is 286 g/mol. The Morgan fingerprint density at radius 1 is 1.20 bits per heavy atom. The van der Waals surface area contributed by atoms with Crippen LogP contribution in [0, 0.1) is 5.92 Å². The zero-order valence-corrected chi connectivity index (χ0v) is 13.0. The van der Waals surface area contributed by atoms with E-state index in [1.165, 1.54) is 0 Å². The van der Waals surface area contributed by atoms with Crippen molar-refractivity contribution in [2.75, 3.05) is 26.8 Å². The first-order valence-corrected chi connectivity index (χ1v) is 7.07. The molecule has 1 rings (SSSR count). The van der Waals surface area contributed by atoms with Crippen molar-refractivity contribution in [1.82, 2.24) is 9.80 Å². The number of hydrogen-bond acceptors (Lipinski definition) is 4. The Morgan fingerprint density at radius 3 is 2.20 bits per heavy atom. The number of nitrogens with zero attached hydrogens (tertiary/aromatic N) is 2. The van der Waals surface area contributed by atoms with Gasteiger partial charge in [0.15, 0.2) is 0 Å². The maximum Gasteiger partial charge on any atom is 0.310 e. The molecular formula is C14H26N2O4. The highest BCUT2D eigenvalue weighted by molar-refractivity contribution is 5.79. The minimum atomic E-state index is -0.864. The fraction of sp³-hybridized carbons (Fsp3) is 0.857. The summed E-state index contributed by atoms with van der Waals surface area (Å²) in [5.74, 6) is -1.40. The van der Waals surface area contributed by atoms with E-state index in [4.69, 9.17) is 9.84 Å². The fourth-order valence-electron chi connectivity index (χ4n) is 2.80. The molecule has 6 nitrogen and oxygen atoms in total. The number of carbonyl (C=O) groups excluding carboxylic acids is 1. The molecule has 1 aliphatic rings. The molecule has 1 saturated heterocycles. The molecule has 0 saturated carbocycles. The van der Waals surface area contributed by atoms with E-state index in [0.717, 1.165) is 0 Å².